The second kappa shape index (κ2) is 11.1. The largest absolute Gasteiger partial charge is 0.487 e. The molecule has 0 saturated carbocycles. The molecule has 0 unspecified atom stereocenters. The number of hydrazone groups is 1. The van der Waals surface area contributed by atoms with Gasteiger partial charge < -0.3 is 4.74 Å². The molecule has 3 aromatic rings. The van der Waals surface area contributed by atoms with Gasteiger partial charge >= 0.3 is 0 Å². The molecule has 32 heavy (non-hydrogen) atoms. The molecule has 0 atom stereocenters. The van der Waals surface area contributed by atoms with Crippen LogP contribution in [0.25, 0.3) is 0 Å². The summed E-state index contributed by atoms with van der Waals surface area (Å²) < 4.78 is 7.59. The Bertz CT molecular complexity index is 1190. The van der Waals surface area contributed by atoms with Crippen LogP contribution < -0.4 is 10.2 Å². The normalized spacial score (nSPS) is 10.9. The van der Waals surface area contributed by atoms with E-state index in [0.29, 0.717) is 21.9 Å². The molecule has 0 aliphatic rings. The Morgan fingerprint density at radius 2 is 1.91 bits per heavy atom. The van der Waals surface area contributed by atoms with Crippen molar-refractivity contribution >= 4 is 74.6 Å². The van der Waals surface area contributed by atoms with Gasteiger partial charge in [0.1, 0.15) is 12.4 Å². The molecule has 1 N–H and O–H groups in total. The third kappa shape index (κ3) is 6.39. The van der Waals surface area contributed by atoms with Gasteiger partial charge in [0.05, 0.1) is 18.3 Å². The molecule has 0 fully saturated rings. The van der Waals surface area contributed by atoms with Crippen molar-refractivity contribution in [1.29, 1.82) is 0 Å². The number of aryl methyl sites for hydroxylation is 1. The second-order valence-corrected chi connectivity index (χ2v) is 9.42. The lowest BCUT2D eigenvalue weighted by molar-refractivity contribution is -0.384. The van der Waals surface area contributed by atoms with Crippen LogP contribution in [0, 0.1) is 24.2 Å². The maximum absolute atomic E-state index is 12.2. The number of hydrogen-bond acceptors (Lipinski definition) is 5. The van der Waals surface area contributed by atoms with Crippen LogP contribution in [0.1, 0.15) is 27.0 Å². The van der Waals surface area contributed by atoms with Gasteiger partial charge in [0.2, 0.25) is 0 Å². The van der Waals surface area contributed by atoms with Crippen molar-refractivity contribution in [2.75, 3.05) is 0 Å². The lowest BCUT2D eigenvalue weighted by Crippen LogP contribution is -2.17. The van der Waals surface area contributed by atoms with E-state index in [-0.39, 0.29) is 18.2 Å². The van der Waals surface area contributed by atoms with E-state index in [9.17, 15) is 14.9 Å². The van der Waals surface area contributed by atoms with Crippen molar-refractivity contribution in [3.05, 3.63) is 99.1 Å². The predicted octanol–water partition coefficient (Wildman–Crippen LogP) is 6.11. The number of nitro benzene ring substituents is 1. The van der Waals surface area contributed by atoms with Crippen LogP contribution in [-0.4, -0.2) is 17.0 Å². The first-order valence-electron chi connectivity index (χ1n) is 9.19. The second-order valence-electron chi connectivity index (χ2n) is 6.69. The van der Waals surface area contributed by atoms with Gasteiger partial charge in [0.25, 0.3) is 11.6 Å². The number of nitro groups is 1. The molecular weight excluding hydrogens is 660 g/mol. The number of amides is 1. The van der Waals surface area contributed by atoms with Gasteiger partial charge in [0, 0.05) is 22.7 Å². The highest BCUT2D eigenvalue weighted by atomic mass is 127. The number of nitrogens with zero attached hydrogens (tertiary/aromatic N) is 2. The highest BCUT2D eigenvalue weighted by molar-refractivity contribution is 14.1. The van der Waals surface area contributed by atoms with Crippen LogP contribution in [0.3, 0.4) is 0 Å². The minimum Gasteiger partial charge on any atom is -0.487 e. The van der Waals surface area contributed by atoms with Crippen LogP contribution in [0.5, 0.6) is 5.75 Å². The molecule has 0 heterocycles. The van der Waals surface area contributed by atoms with E-state index in [0.717, 1.165) is 18.3 Å². The minimum atomic E-state index is -0.433. The number of non-ortho nitro benzene ring substituents is 1. The molecule has 164 valence electrons. The van der Waals surface area contributed by atoms with Crippen molar-refractivity contribution in [1.82, 2.24) is 5.43 Å². The number of ether oxygens (including phenoxy) is 1. The van der Waals surface area contributed by atoms with Gasteiger partial charge in [-0.25, -0.2) is 5.43 Å². The zero-order chi connectivity index (χ0) is 23.3. The first-order chi connectivity index (χ1) is 15.2. The van der Waals surface area contributed by atoms with Gasteiger partial charge in [-0.15, -0.1) is 0 Å². The molecule has 1 amide bonds. The van der Waals surface area contributed by atoms with Gasteiger partial charge in [-0.2, -0.15) is 5.10 Å². The summed E-state index contributed by atoms with van der Waals surface area (Å²) in [6.45, 7) is 2.07. The highest BCUT2D eigenvalue weighted by Gasteiger charge is 2.11. The summed E-state index contributed by atoms with van der Waals surface area (Å²) in [5.74, 6) is 0.317. The molecule has 3 aromatic carbocycles. The molecule has 0 aromatic heterocycles. The fourth-order valence-electron chi connectivity index (χ4n) is 2.67. The van der Waals surface area contributed by atoms with Crippen LogP contribution in [0.2, 0.25) is 5.02 Å². The average molecular weight is 676 g/mol. The van der Waals surface area contributed by atoms with Crippen molar-refractivity contribution in [2.45, 2.75) is 13.5 Å². The van der Waals surface area contributed by atoms with Crippen molar-refractivity contribution < 1.29 is 14.5 Å². The summed E-state index contributed by atoms with van der Waals surface area (Å²) in [6.07, 6.45) is 1.54. The Kier molecular flexibility index (Phi) is 8.43. The quantitative estimate of drug-likeness (QED) is 0.142. The summed E-state index contributed by atoms with van der Waals surface area (Å²) in [5.41, 5.74) is 5.31. The Balaban J connectivity index is 1.66. The van der Waals surface area contributed by atoms with Gasteiger partial charge in [0.15, 0.2) is 0 Å². The Morgan fingerprint density at radius 1 is 1.19 bits per heavy atom. The zero-order valence-corrected chi connectivity index (χ0v) is 21.7. The van der Waals surface area contributed by atoms with E-state index in [1.54, 1.807) is 36.5 Å². The van der Waals surface area contributed by atoms with E-state index >= 15 is 0 Å². The van der Waals surface area contributed by atoms with E-state index in [1.165, 1.54) is 12.1 Å². The van der Waals surface area contributed by atoms with Crippen LogP contribution in [0.15, 0.2) is 59.7 Å². The smallest absolute Gasteiger partial charge is 0.271 e. The molecule has 0 aliphatic heterocycles. The standard InChI is InChI=1S/C22H16ClI2N3O4/c1-13-5-6-16(10-18(13)23)22(29)27-26-11-15-8-19(24)21(20(25)9-15)32-12-14-3-2-4-17(7-14)28(30)31/h2-11H,12H2,1H3,(H,27,29)/b26-11-. The fourth-order valence-corrected chi connectivity index (χ4v) is 4.98. The zero-order valence-electron chi connectivity index (χ0n) is 16.6. The molecule has 0 spiro atoms. The molecule has 0 saturated heterocycles. The Hall–Kier alpha value is -2.25. The molecule has 7 nitrogen and oxygen atoms in total. The van der Waals surface area contributed by atoms with Crippen molar-refractivity contribution in [3.63, 3.8) is 0 Å². The topological polar surface area (TPSA) is 93.8 Å². The predicted molar refractivity (Wildman–Crippen MR) is 141 cm³/mol. The van der Waals surface area contributed by atoms with Gasteiger partial charge in [-0.05, 0) is 93.1 Å². The van der Waals surface area contributed by atoms with Gasteiger partial charge in [-0.1, -0.05) is 29.8 Å². The molecule has 3 rings (SSSR count). The third-order valence-corrected chi connectivity index (χ3v) is 6.35. The first kappa shape index (κ1) is 24.4. The monoisotopic (exact) mass is 675 g/mol. The summed E-state index contributed by atoms with van der Waals surface area (Å²) in [7, 11) is 0. The summed E-state index contributed by atoms with van der Waals surface area (Å²) >= 11 is 10.4. The summed E-state index contributed by atoms with van der Waals surface area (Å²) in [4.78, 5) is 22.7. The van der Waals surface area contributed by atoms with E-state index < -0.39 is 4.92 Å². The summed E-state index contributed by atoms with van der Waals surface area (Å²) in [5, 5.41) is 15.5. The Morgan fingerprint density at radius 3 is 2.56 bits per heavy atom. The first-order valence-corrected chi connectivity index (χ1v) is 11.7. The highest BCUT2D eigenvalue weighted by Crippen LogP contribution is 2.29. The molecular formula is C22H16ClI2N3O4. The number of benzene rings is 3. The number of halogens is 3. The van der Waals surface area contributed by atoms with Crippen molar-refractivity contribution in [3.8, 4) is 5.75 Å². The molecule has 0 aliphatic carbocycles. The van der Waals surface area contributed by atoms with Crippen LogP contribution in [0.4, 0.5) is 5.69 Å². The maximum Gasteiger partial charge on any atom is 0.271 e. The van der Waals surface area contributed by atoms with Crippen molar-refractivity contribution in [2.24, 2.45) is 5.10 Å². The minimum absolute atomic E-state index is 0.0250. The number of hydrogen-bond donors (Lipinski definition) is 1. The van der Waals surface area contributed by atoms with E-state index in [1.807, 2.05) is 19.1 Å². The lowest BCUT2D eigenvalue weighted by atomic mass is 10.1. The SMILES string of the molecule is Cc1ccc(C(=O)N/N=C\c2cc(I)c(OCc3cccc([N+](=O)[O-])c3)c(I)c2)cc1Cl. The number of rotatable bonds is 7. The average Bonchev–Trinajstić information content (AvgIpc) is 2.75. The number of carbonyl (C=O) groups excluding carboxylic acids is 1. The Labute approximate surface area is 216 Å². The fraction of sp³-hybridized carbons (Fsp3) is 0.0909. The summed E-state index contributed by atoms with van der Waals surface area (Å²) in [6, 6.07) is 15.1. The van der Waals surface area contributed by atoms with E-state index in [2.05, 4.69) is 55.7 Å². The number of nitrogens with one attached hydrogen (secondary N) is 1. The number of carbonyl (C=O) groups is 1. The maximum atomic E-state index is 12.2. The lowest BCUT2D eigenvalue weighted by Gasteiger charge is -2.11. The van der Waals surface area contributed by atoms with E-state index in [4.69, 9.17) is 16.3 Å². The van der Waals surface area contributed by atoms with Gasteiger partial charge in [-0.3, -0.25) is 14.9 Å². The molecule has 0 radical (unpaired) electrons. The third-order valence-electron chi connectivity index (χ3n) is 4.34. The molecule has 10 heteroatoms. The molecule has 0 bridgehead atoms. The van der Waals surface area contributed by atoms with Crippen LogP contribution >= 0.6 is 56.8 Å². The van der Waals surface area contributed by atoms with Crippen LogP contribution in [-0.2, 0) is 6.61 Å².